The number of carbonyl (C=O) groups is 2. The summed E-state index contributed by atoms with van der Waals surface area (Å²) in [4.78, 5) is 26.1. The van der Waals surface area contributed by atoms with E-state index >= 15 is 0 Å². The average molecular weight is 305 g/mol. The van der Waals surface area contributed by atoms with Gasteiger partial charge >= 0.3 is 11.8 Å². The Morgan fingerprint density at radius 1 is 1.36 bits per heavy atom. The molecule has 1 saturated heterocycles. The van der Waals surface area contributed by atoms with Gasteiger partial charge < -0.3 is 15.4 Å². The maximum atomic E-state index is 11.9. The van der Waals surface area contributed by atoms with Crippen LogP contribution in [0, 0.1) is 6.92 Å². The molecule has 1 aliphatic heterocycles. The third-order valence-electron chi connectivity index (χ3n) is 3.70. The Kier molecular flexibility index (Phi) is 5.91. The highest BCUT2D eigenvalue weighted by Gasteiger charge is 2.25. The highest BCUT2D eigenvalue weighted by molar-refractivity contribution is 6.39. The van der Waals surface area contributed by atoms with E-state index in [1.165, 1.54) is 0 Å². The summed E-state index contributed by atoms with van der Waals surface area (Å²) < 4.78 is 5.04. The number of methoxy groups -OCH3 is 1. The van der Waals surface area contributed by atoms with Crippen molar-refractivity contribution in [2.75, 3.05) is 38.7 Å². The minimum atomic E-state index is -0.624. The lowest BCUT2D eigenvalue weighted by Crippen LogP contribution is -2.43. The first-order valence-corrected chi connectivity index (χ1v) is 7.48. The lowest BCUT2D eigenvalue weighted by molar-refractivity contribution is -0.136. The number of hydrogen-bond donors (Lipinski definition) is 2. The highest BCUT2D eigenvalue weighted by Crippen LogP contribution is 2.10. The Balaban J connectivity index is 1.78. The monoisotopic (exact) mass is 305 g/mol. The number of amides is 2. The van der Waals surface area contributed by atoms with Gasteiger partial charge in [-0.1, -0.05) is 12.1 Å². The van der Waals surface area contributed by atoms with Gasteiger partial charge in [0.25, 0.3) is 0 Å². The lowest BCUT2D eigenvalue weighted by atomic mass is 10.2. The molecule has 6 nitrogen and oxygen atoms in total. The molecule has 1 fully saturated rings. The zero-order chi connectivity index (χ0) is 15.9. The number of anilines is 1. The number of ether oxygens (including phenoxy) is 1. The Morgan fingerprint density at radius 3 is 2.91 bits per heavy atom. The molecule has 120 valence electrons. The van der Waals surface area contributed by atoms with Gasteiger partial charge in [0.1, 0.15) is 0 Å². The average Bonchev–Trinajstić information content (AvgIpc) is 2.92. The number of nitrogens with one attached hydrogen (secondary N) is 2. The molecule has 2 N–H and O–H groups in total. The third-order valence-corrected chi connectivity index (χ3v) is 3.70. The second kappa shape index (κ2) is 7.91. The summed E-state index contributed by atoms with van der Waals surface area (Å²) >= 11 is 0. The maximum absolute atomic E-state index is 11.9. The minimum absolute atomic E-state index is 0.0209. The molecule has 1 heterocycles. The SMILES string of the molecule is COCCN1CC[C@@H](NC(=O)C(=O)Nc2cccc(C)c2)C1. The van der Waals surface area contributed by atoms with Crippen molar-refractivity contribution in [2.24, 2.45) is 0 Å². The number of hydrogen-bond acceptors (Lipinski definition) is 4. The van der Waals surface area contributed by atoms with Crippen LogP contribution in [0.4, 0.5) is 5.69 Å². The van der Waals surface area contributed by atoms with Gasteiger partial charge in [-0.3, -0.25) is 14.5 Å². The Labute approximate surface area is 130 Å². The van der Waals surface area contributed by atoms with Gasteiger partial charge in [-0.25, -0.2) is 0 Å². The number of likely N-dealkylation sites (tertiary alicyclic amines) is 1. The summed E-state index contributed by atoms with van der Waals surface area (Å²) in [6.45, 7) is 5.12. The Bertz CT molecular complexity index is 533. The number of aryl methyl sites for hydroxylation is 1. The predicted molar refractivity (Wildman–Crippen MR) is 84.7 cm³/mol. The van der Waals surface area contributed by atoms with E-state index in [9.17, 15) is 9.59 Å². The summed E-state index contributed by atoms with van der Waals surface area (Å²) in [6.07, 6.45) is 0.854. The van der Waals surface area contributed by atoms with Crippen molar-refractivity contribution in [3.63, 3.8) is 0 Å². The van der Waals surface area contributed by atoms with Crippen molar-refractivity contribution in [3.05, 3.63) is 29.8 Å². The van der Waals surface area contributed by atoms with Gasteiger partial charge in [0.2, 0.25) is 0 Å². The molecule has 0 saturated carbocycles. The van der Waals surface area contributed by atoms with Gasteiger partial charge in [-0.15, -0.1) is 0 Å². The standard InChI is InChI=1S/C16H23N3O3/c1-12-4-3-5-13(10-12)17-15(20)16(21)18-14-6-7-19(11-14)8-9-22-2/h3-5,10,14H,6-9,11H2,1-2H3,(H,17,20)(H,18,21)/t14-/m1/s1. The van der Waals surface area contributed by atoms with E-state index in [1.807, 2.05) is 25.1 Å². The van der Waals surface area contributed by atoms with Crippen LogP contribution in [0.25, 0.3) is 0 Å². The first-order valence-electron chi connectivity index (χ1n) is 7.48. The summed E-state index contributed by atoms with van der Waals surface area (Å²) in [5.41, 5.74) is 1.66. The van der Waals surface area contributed by atoms with Crippen molar-refractivity contribution in [2.45, 2.75) is 19.4 Å². The molecular weight excluding hydrogens is 282 g/mol. The molecule has 2 amide bonds. The van der Waals surface area contributed by atoms with Crippen LogP contribution in [0.3, 0.4) is 0 Å². The smallest absolute Gasteiger partial charge is 0.313 e. The summed E-state index contributed by atoms with van der Waals surface area (Å²) in [7, 11) is 1.67. The van der Waals surface area contributed by atoms with Gasteiger partial charge in [0.15, 0.2) is 0 Å². The second-order valence-corrected chi connectivity index (χ2v) is 5.58. The molecule has 1 atom stereocenters. The van der Waals surface area contributed by atoms with Crippen molar-refractivity contribution >= 4 is 17.5 Å². The third kappa shape index (κ3) is 4.82. The predicted octanol–water partition coefficient (Wildman–Crippen LogP) is 0.770. The molecule has 0 spiro atoms. The van der Waals surface area contributed by atoms with Crippen molar-refractivity contribution in [1.29, 1.82) is 0 Å². The number of benzene rings is 1. The van der Waals surface area contributed by atoms with E-state index in [2.05, 4.69) is 15.5 Å². The maximum Gasteiger partial charge on any atom is 0.313 e. The van der Waals surface area contributed by atoms with Gasteiger partial charge in [0.05, 0.1) is 6.61 Å². The van der Waals surface area contributed by atoms with E-state index in [-0.39, 0.29) is 6.04 Å². The molecule has 22 heavy (non-hydrogen) atoms. The largest absolute Gasteiger partial charge is 0.383 e. The van der Waals surface area contributed by atoms with Crippen molar-refractivity contribution in [1.82, 2.24) is 10.2 Å². The highest BCUT2D eigenvalue weighted by atomic mass is 16.5. The summed E-state index contributed by atoms with van der Waals surface area (Å²) in [6, 6.07) is 7.39. The lowest BCUT2D eigenvalue weighted by Gasteiger charge is -2.16. The summed E-state index contributed by atoms with van der Waals surface area (Å²) in [5, 5.41) is 5.40. The zero-order valence-corrected chi connectivity index (χ0v) is 13.1. The number of rotatable bonds is 5. The first kappa shape index (κ1) is 16.5. The summed E-state index contributed by atoms with van der Waals surface area (Å²) in [5.74, 6) is -1.21. The quantitative estimate of drug-likeness (QED) is 0.788. The molecular formula is C16H23N3O3. The molecule has 0 radical (unpaired) electrons. The number of nitrogens with zero attached hydrogens (tertiary/aromatic N) is 1. The molecule has 1 aliphatic rings. The van der Waals surface area contributed by atoms with Crippen LogP contribution in [0.15, 0.2) is 24.3 Å². The van der Waals surface area contributed by atoms with Crippen LogP contribution in [0.5, 0.6) is 0 Å². The Hall–Kier alpha value is -1.92. The van der Waals surface area contributed by atoms with Crippen LogP contribution in [0.2, 0.25) is 0 Å². The molecule has 1 aromatic rings. The second-order valence-electron chi connectivity index (χ2n) is 5.58. The van der Waals surface area contributed by atoms with Crippen LogP contribution < -0.4 is 10.6 Å². The van der Waals surface area contributed by atoms with E-state index in [0.717, 1.165) is 31.6 Å². The fourth-order valence-electron chi connectivity index (χ4n) is 2.54. The Morgan fingerprint density at radius 2 is 2.18 bits per heavy atom. The van der Waals surface area contributed by atoms with Crippen molar-refractivity contribution in [3.8, 4) is 0 Å². The van der Waals surface area contributed by atoms with Crippen LogP contribution >= 0.6 is 0 Å². The topological polar surface area (TPSA) is 70.7 Å². The van der Waals surface area contributed by atoms with E-state index in [1.54, 1.807) is 13.2 Å². The van der Waals surface area contributed by atoms with Crippen molar-refractivity contribution < 1.29 is 14.3 Å². The zero-order valence-electron chi connectivity index (χ0n) is 13.1. The minimum Gasteiger partial charge on any atom is -0.383 e. The molecule has 2 rings (SSSR count). The molecule has 6 heteroatoms. The molecule has 0 aromatic heterocycles. The van der Waals surface area contributed by atoms with Crippen LogP contribution in [-0.4, -0.2) is 56.1 Å². The molecule has 0 unspecified atom stereocenters. The van der Waals surface area contributed by atoms with Crippen LogP contribution in [-0.2, 0) is 14.3 Å². The van der Waals surface area contributed by atoms with Gasteiger partial charge in [-0.05, 0) is 31.0 Å². The molecule has 0 bridgehead atoms. The van der Waals surface area contributed by atoms with E-state index in [0.29, 0.717) is 12.3 Å². The normalized spacial score (nSPS) is 18.2. The van der Waals surface area contributed by atoms with Gasteiger partial charge in [-0.2, -0.15) is 0 Å². The number of carbonyl (C=O) groups excluding carboxylic acids is 2. The van der Waals surface area contributed by atoms with Gasteiger partial charge in [0, 0.05) is 38.5 Å². The van der Waals surface area contributed by atoms with E-state index in [4.69, 9.17) is 4.74 Å². The van der Waals surface area contributed by atoms with E-state index < -0.39 is 11.8 Å². The van der Waals surface area contributed by atoms with Crippen LogP contribution in [0.1, 0.15) is 12.0 Å². The molecule has 1 aromatic carbocycles. The first-order chi connectivity index (χ1) is 10.6. The molecule has 0 aliphatic carbocycles. The fraction of sp³-hybridized carbons (Fsp3) is 0.500. The fourth-order valence-corrected chi connectivity index (χ4v) is 2.54.